The van der Waals surface area contributed by atoms with Gasteiger partial charge < -0.3 is 10.4 Å². The van der Waals surface area contributed by atoms with Crippen molar-refractivity contribution in [2.45, 2.75) is 13.3 Å². The third kappa shape index (κ3) is 2.36. The van der Waals surface area contributed by atoms with Gasteiger partial charge in [0.25, 0.3) is 5.91 Å². The van der Waals surface area contributed by atoms with E-state index in [1.807, 2.05) is 6.92 Å². The SMILES string of the molecule is CCCN1C(=O)/C(=C/c2ccccc2O)NC1=S. The molecule has 4 nitrogen and oxygen atoms in total. The lowest BCUT2D eigenvalue weighted by Gasteiger charge is -2.11. The van der Waals surface area contributed by atoms with Crippen molar-refractivity contribution in [2.24, 2.45) is 0 Å². The summed E-state index contributed by atoms with van der Waals surface area (Å²) in [5.74, 6) is -0.00966. The fraction of sp³-hybridized carbons (Fsp3) is 0.231. The van der Waals surface area contributed by atoms with E-state index in [9.17, 15) is 9.90 Å². The number of amides is 1. The fourth-order valence-corrected chi connectivity index (χ4v) is 2.05. The van der Waals surface area contributed by atoms with Crippen molar-refractivity contribution in [1.82, 2.24) is 10.2 Å². The third-order valence-electron chi connectivity index (χ3n) is 2.65. The number of rotatable bonds is 3. The van der Waals surface area contributed by atoms with Gasteiger partial charge in [0.1, 0.15) is 11.4 Å². The molecule has 0 radical (unpaired) electrons. The summed E-state index contributed by atoms with van der Waals surface area (Å²) in [7, 11) is 0. The van der Waals surface area contributed by atoms with Crippen molar-refractivity contribution >= 4 is 29.3 Å². The number of hydrogen-bond acceptors (Lipinski definition) is 3. The first kappa shape index (κ1) is 12.6. The zero-order valence-electron chi connectivity index (χ0n) is 10.0. The number of carbonyl (C=O) groups excluding carboxylic acids is 1. The van der Waals surface area contributed by atoms with Crippen LogP contribution in [0.2, 0.25) is 0 Å². The van der Waals surface area contributed by atoms with Gasteiger partial charge in [0.15, 0.2) is 5.11 Å². The molecule has 0 atom stereocenters. The number of carbonyl (C=O) groups is 1. The molecule has 2 rings (SSSR count). The smallest absolute Gasteiger partial charge is 0.276 e. The lowest BCUT2D eigenvalue weighted by molar-refractivity contribution is -0.122. The topological polar surface area (TPSA) is 52.6 Å². The number of benzene rings is 1. The van der Waals surface area contributed by atoms with E-state index >= 15 is 0 Å². The molecule has 0 unspecified atom stereocenters. The van der Waals surface area contributed by atoms with Crippen LogP contribution >= 0.6 is 12.2 Å². The second-order valence-corrected chi connectivity index (χ2v) is 4.39. The van der Waals surface area contributed by atoms with Crippen LogP contribution < -0.4 is 5.32 Å². The minimum atomic E-state index is -0.148. The summed E-state index contributed by atoms with van der Waals surface area (Å²) in [4.78, 5) is 13.6. The van der Waals surface area contributed by atoms with Crippen molar-refractivity contribution < 1.29 is 9.90 Å². The molecule has 0 aromatic heterocycles. The minimum Gasteiger partial charge on any atom is -0.507 e. The van der Waals surface area contributed by atoms with E-state index in [4.69, 9.17) is 12.2 Å². The second kappa shape index (κ2) is 5.18. The third-order valence-corrected chi connectivity index (χ3v) is 2.97. The van der Waals surface area contributed by atoms with Gasteiger partial charge in [-0.25, -0.2) is 0 Å². The Morgan fingerprint density at radius 2 is 2.17 bits per heavy atom. The number of nitrogens with zero attached hydrogens (tertiary/aromatic N) is 1. The molecular weight excluding hydrogens is 248 g/mol. The Labute approximate surface area is 111 Å². The Kier molecular flexibility index (Phi) is 3.62. The summed E-state index contributed by atoms with van der Waals surface area (Å²) < 4.78 is 0. The van der Waals surface area contributed by atoms with E-state index in [-0.39, 0.29) is 11.7 Å². The molecule has 18 heavy (non-hydrogen) atoms. The summed E-state index contributed by atoms with van der Waals surface area (Å²) >= 11 is 5.10. The average molecular weight is 262 g/mol. The predicted molar refractivity (Wildman–Crippen MR) is 73.8 cm³/mol. The number of phenolic OH excluding ortho intramolecular Hbond substituents is 1. The molecule has 1 aromatic rings. The molecule has 1 aliphatic rings. The van der Waals surface area contributed by atoms with Crippen LogP contribution in [-0.4, -0.2) is 27.6 Å². The highest BCUT2D eigenvalue weighted by Gasteiger charge is 2.29. The molecule has 0 aliphatic carbocycles. The maximum absolute atomic E-state index is 12.0. The molecule has 0 saturated carbocycles. The fourth-order valence-electron chi connectivity index (χ4n) is 1.76. The standard InChI is InChI=1S/C13H14N2O2S/c1-2-7-15-12(17)10(14-13(15)18)8-9-5-3-4-6-11(9)16/h3-6,8,16H,2,7H2,1H3,(H,14,18)/b10-8-. The van der Waals surface area contributed by atoms with Gasteiger partial charge in [0.2, 0.25) is 0 Å². The van der Waals surface area contributed by atoms with Crippen LogP contribution in [0.1, 0.15) is 18.9 Å². The number of thiocarbonyl (C=S) groups is 1. The summed E-state index contributed by atoms with van der Waals surface area (Å²) in [5, 5.41) is 13.0. The van der Waals surface area contributed by atoms with Crippen LogP contribution in [0.3, 0.4) is 0 Å². The largest absolute Gasteiger partial charge is 0.507 e. The Morgan fingerprint density at radius 3 is 2.83 bits per heavy atom. The van der Waals surface area contributed by atoms with Crippen LogP contribution in [0.25, 0.3) is 6.08 Å². The van der Waals surface area contributed by atoms with Gasteiger partial charge >= 0.3 is 0 Å². The Balaban J connectivity index is 2.28. The van der Waals surface area contributed by atoms with Gasteiger partial charge in [-0.2, -0.15) is 0 Å². The van der Waals surface area contributed by atoms with Crippen LogP contribution in [0.4, 0.5) is 0 Å². The van der Waals surface area contributed by atoms with Gasteiger partial charge in [-0.3, -0.25) is 9.69 Å². The molecule has 1 fully saturated rings. The Hall–Kier alpha value is -1.88. The highest BCUT2D eigenvalue weighted by atomic mass is 32.1. The van der Waals surface area contributed by atoms with Crippen molar-refractivity contribution in [3.8, 4) is 5.75 Å². The first-order valence-electron chi connectivity index (χ1n) is 5.76. The van der Waals surface area contributed by atoms with E-state index in [0.29, 0.717) is 22.9 Å². The molecule has 2 N–H and O–H groups in total. The normalized spacial score (nSPS) is 17.4. The first-order valence-corrected chi connectivity index (χ1v) is 6.17. The summed E-state index contributed by atoms with van der Waals surface area (Å²) in [6.07, 6.45) is 2.46. The van der Waals surface area contributed by atoms with E-state index in [2.05, 4.69) is 5.32 Å². The number of para-hydroxylation sites is 1. The molecule has 1 aliphatic heterocycles. The lowest BCUT2D eigenvalue weighted by Crippen LogP contribution is -2.31. The van der Waals surface area contributed by atoms with E-state index in [0.717, 1.165) is 6.42 Å². The molecule has 1 saturated heterocycles. The van der Waals surface area contributed by atoms with Gasteiger partial charge in [-0.1, -0.05) is 25.1 Å². The highest BCUT2D eigenvalue weighted by molar-refractivity contribution is 7.80. The molecule has 0 bridgehead atoms. The number of aromatic hydroxyl groups is 1. The monoisotopic (exact) mass is 262 g/mol. The van der Waals surface area contributed by atoms with E-state index < -0.39 is 0 Å². The van der Waals surface area contributed by atoms with Gasteiger partial charge in [-0.05, 0) is 30.8 Å². The zero-order valence-corrected chi connectivity index (χ0v) is 10.8. The van der Waals surface area contributed by atoms with Gasteiger partial charge in [0.05, 0.1) is 0 Å². The second-order valence-electron chi connectivity index (χ2n) is 4.00. The maximum atomic E-state index is 12.0. The average Bonchev–Trinajstić information content (AvgIpc) is 2.60. The number of hydrogen-bond donors (Lipinski definition) is 2. The van der Waals surface area contributed by atoms with Crippen molar-refractivity contribution in [2.75, 3.05) is 6.54 Å². The Morgan fingerprint density at radius 1 is 1.44 bits per heavy atom. The van der Waals surface area contributed by atoms with Crippen LogP contribution in [0.5, 0.6) is 5.75 Å². The molecule has 1 amide bonds. The van der Waals surface area contributed by atoms with Crippen molar-refractivity contribution in [3.63, 3.8) is 0 Å². The molecular formula is C13H14N2O2S. The lowest BCUT2D eigenvalue weighted by atomic mass is 10.1. The summed E-state index contributed by atoms with van der Waals surface area (Å²) in [5.41, 5.74) is 0.990. The summed E-state index contributed by atoms with van der Waals surface area (Å²) in [6.45, 7) is 2.59. The molecule has 0 spiro atoms. The van der Waals surface area contributed by atoms with Crippen LogP contribution in [0.15, 0.2) is 30.0 Å². The molecule has 1 aromatic carbocycles. The minimum absolute atomic E-state index is 0.138. The quantitative estimate of drug-likeness (QED) is 0.645. The van der Waals surface area contributed by atoms with Gasteiger partial charge in [0, 0.05) is 12.1 Å². The number of nitrogens with one attached hydrogen (secondary N) is 1. The van der Waals surface area contributed by atoms with Crippen molar-refractivity contribution in [1.29, 1.82) is 0 Å². The Bertz CT molecular complexity index is 525. The number of phenols is 1. The van der Waals surface area contributed by atoms with Crippen LogP contribution in [-0.2, 0) is 4.79 Å². The van der Waals surface area contributed by atoms with E-state index in [1.165, 1.54) is 4.90 Å². The maximum Gasteiger partial charge on any atom is 0.276 e. The predicted octanol–water partition coefficient (Wildman–Crippen LogP) is 1.86. The van der Waals surface area contributed by atoms with Crippen molar-refractivity contribution in [3.05, 3.63) is 35.5 Å². The summed E-state index contributed by atoms with van der Waals surface area (Å²) in [6, 6.07) is 6.85. The highest BCUT2D eigenvalue weighted by Crippen LogP contribution is 2.21. The van der Waals surface area contributed by atoms with Gasteiger partial charge in [-0.15, -0.1) is 0 Å². The molecule has 94 valence electrons. The zero-order chi connectivity index (χ0) is 13.1. The molecule has 1 heterocycles. The van der Waals surface area contributed by atoms with Crippen LogP contribution in [0, 0.1) is 0 Å². The van der Waals surface area contributed by atoms with E-state index in [1.54, 1.807) is 30.3 Å². The first-order chi connectivity index (χ1) is 8.63. The molecule has 5 heteroatoms.